The molecule has 10 rings (SSSR count). The van der Waals surface area contributed by atoms with Gasteiger partial charge < -0.3 is 4.42 Å². The summed E-state index contributed by atoms with van der Waals surface area (Å²) in [6.07, 6.45) is 19.8. The Bertz CT molecular complexity index is 1580. The Balaban J connectivity index is 1.12. The Kier molecular flexibility index (Phi) is 5.38. The fourth-order valence-corrected chi connectivity index (χ4v) is 13.4. The predicted molar refractivity (Wildman–Crippen MR) is 169 cm³/mol. The molecule has 6 saturated carbocycles. The van der Waals surface area contributed by atoms with Gasteiger partial charge in [0.05, 0.1) is 0 Å². The quantitative estimate of drug-likeness (QED) is 0.233. The molecule has 1 aromatic heterocycles. The minimum Gasteiger partial charge on any atom is -0.455 e. The standard InChI is InChI=1S/C40H46O/c1-2-10-25-23(9-1)19-20-34-33-18-7-15-26(40(33)41-39(25)34)24-21-35-29-13-5-3-11-27(29)31-16-8-17-32-28-12-4-6-14-30(28)36(22-24)38(35)37(31)32/h1-2,7,9-10,15,18-20,24,27-32,35-38H,3-6,8,11-14,16-17,21-22H2. The van der Waals surface area contributed by atoms with Crippen LogP contribution in [0.5, 0.6) is 0 Å². The van der Waals surface area contributed by atoms with E-state index in [1.165, 1.54) is 78.5 Å². The SMILES string of the molecule is c1ccc2c(c1)ccc1c3cccc(C4CC5C6CCCCC6C6CCCC7C8CCCCC8C(C4)C5C67)c3oc21. The van der Waals surface area contributed by atoms with Crippen LogP contribution in [0.3, 0.4) is 0 Å². The van der Waals surface area contributed by atoms with Crippen molar-refractivity contribution in [3.63, 3.8) is 0 Å². The molecule has 0 N–H and O–H groups in total. The van der Waals surface area contributed by atoms with Crippen molar-refractivity contribution in [1.82, 2.24) is 0 Å². The minimum absolute atomic E-state index is 0.665. The monoisotopic (exact) mass is 542 g/mol. The highest BCUT2D eigenvalue weighted by molar-refractivity contribution is 6.15. The highest BCUT2D eigenvalue weighted by Gasteiger charge is 2.63. The topological polar surface area (TPSA) is 13.1 Å². The van der Waals surface area contributed by atoms with Crippen LogP contribution >= 0.6 is 0 Å². The second-order valence-electron chi connectivity index (χ2n) is 15.6. The minimum atomic E-state index is 0.665. The van der Waals surface area contributed by atoms with Crippen molar-refractivity contribution < 1.29 is 4.42 Å². The molecule has 3 aromatic carbocycles. The van der Waals surface area contributed by atoms with Crippen molar-refractivity contribution in [2.24, 2.45) is 59.2 Å². The summed E-state index contributed by atoms with van der Waals surface area (Å²) in [5.74, 6) is 11.0. The second kappa shape index (κ2) is 9.11. The van der Waals surface area contributed by atoms with Crippen LogP contribution < -0.4 is 0 Å². The Hall–Kier alpha value is -2.28. The van der Waals surface area contributed by atoms with Crippen molar-refractivity contribution in [3.05, 3.63) is 60.2 Å². The molecule has 0 amide bonds. The zero-order chi connectivity index (χ0) is 26.7. The van der Waals surface area contributed by atoms with Gasteiger partial charge in [-0.25, -0.2) is 0 Å². The maximum atomic E-state index is 6.96. The molecule has 212 valence electrons. The van der Waals surface area contributed by atoms with Crippen LogP contribution in [0.2, 0.25) is 0 Å². The van der Waals surface area contributed by atoms with Crippen LogP contribution in [0, 0.1) is 59.2 Å². The van der Waals surface area contributed by atoms with Gasteiger partial charge in [0.2, 0.25) is 0 Å². The summed E-state index contributed by atoms with van der Waals surface area (Å²) in [5.41, 5.74) is 3.86. The van der Waals surface area contributed by atoms with E-state index in [-0.39, 0.29) is 0 Å². The number of rotatable bonds is 1. The summed E-state index contributed by atoms with van der Waals surface area (Å²) in [6.45, 7) is 0. The van der Waals surface area contributed by atoms with Gasteiger partial charge in [0, 0.05) is 16.2 Å². The molecule has 4 aromatic rings. The summed E-state index contributed by atoms with van der Waals surface area (Å²) in [6, 6.07) is 20.6. The van der Waals surface area contributed by atoms with Gasteiger partial charge in [0.15, 0.2) is 0 Å². The molecule has 1 heterocycles. The largest absolute Gasteiger partial charge is 0.455 e. The number of benzene rings is 3. The molecule has 6 fully saturated rings. The molecule has 0 bridgehead atoms. The molecule has 0 spiro atoms. The van der Waals surface area contributed by atoms with Gasteiger partial charge in [-0.1, -0.05) is 80.6 Å². The molecule has 0 radical (unpaired) electrons. The zero-order valence-corrected chi connectivity index (χ0v) is 24.6. The first-order valence-corrected chi connectivity index (χ1v) is 17.7. The summed E-state index contributed by atoms with van der Waals surface area (Å²) >= 11 is 0. The lowest BCUT2D eigenvalue weighted by Gasteiger charge is -2.68. The van der Waals surface area contributed by atoms with Crippen LogP contribution in [0.1, 0.15) is 95.0 Å². The Morgan fingerprint density at radius 2 is 1.00 bits per heavy atom. The average molecular weight is 543 g/mol. The Labute approximate surface area is 245 Å². The maximum Gasteiger partial charge on any atom is 0.143 e. The van der Waals surface area contributed by atoms with E-state index in [0.717, 1.165) is 64.8 Å². The van der Waals surface area contributed by atoms with Crippen LogP contribution in [0.25, 0.3) is 32.7 Å². The first-order valence-electron chi connectivity index (χ1n) is 17.7. The molecular weight excluding hydrogens is 496 g/mol. The predicted octanol–water partition coefficient (Wildman–Crippen LogP) is 11.1. The molecule has 0 saturated heterocycles. The smallest absolute Gasteiger partial charge is 0.143 e. The fourth-order valence-electron chi connectivity index (χ4n) is 13.4. The first kappa shape index (κ1) is 24.2. The van der Waals surface area contributed by atoms with Crippen LogP contribution in [0.4, 0.5) is 0 Å². The van der Waals surface area contributed by atoms with Crippen molar-refractivity contribution >= 4 is 32.7 Å². The second-order valence-corrected chi connectivity index (χ2v) is 15.6. The summed E-state index contributed by atoms with van der Waals surface area (Å²) in [5, 5.41) is 5.20. The van der Waals surface area contributed by atoms with Gasteiger partial charge in [-0.3, -0.25) is 0 Å². The van der Waals surface area contributed by atoms with Crippen LogP contribution in [-0.2, 0) is 0 Å². The lowest BCUT2D eigenvalue weighted by Crippen LogP contribution is -2.61. The highest BCUT2D eigenvalue weighted by Crippen LogP contribution is 2.70. The van der Waals surface area contributed by atoms with Crippen LogP contribution in [-0.4, -0.2) is 0 Å². The van der Waals surface area contributed by atoms with E-state index in [1.54, 1.807) is 37.7 Å². The van der Waals surface area contributed by atoms with E-state index >= 15 is 0 Å². The number of hydrogen-bond donors (Lipinski definition) is 0. The summed E-state index contributed by atoms with van der Waals surface area (Å²) in [7, 11) is 0. The molecule has 6 aliphatic rings. The molecule has 1 nitrogen and oxygen atoms in total. The highest BCUT2D eigenvalue weighted by atomic mass is 16.3. The molecule has 1 heteroatoms. The van der Waals surface area contributed by atoms with Crippen molar-refractivity contribution in [2.45, 2.75) is 89.4 Å². The number of furan rings is 1. The van der Waals surface area contributed by atoms with Crippen molar-refractivity contribution in [3.8, 4) is 0 Å². The lowest BCUT2D eigenvalue weighted by molar-refractivity contribution is -0.189. The summed E-state index contributed by atoms with van der Waals surface area (Å²) in [4.78, 5) is 0. The Morgan fingerprint density at radius 1 is 0.439 bits per heavy atom. The lowest BCUT2D eigenvalue weighted by atomic mass is 9.37. The molecule has 6 aliphatic carbocycles. The number of para-hydroxylation sites is 1. The van der Waals surface area contributed by atoms with E-state index < -0.39 is 0 Å². The number of fused-ring (bicyclic) bond motifs is 11. The van der Waals surface area contributed by atoms with E-state index in [9.17, 15) is 0 Å². The van der Waals surface area contributed by atoms with Crippen molar-refractivity contribution in [1.29, 1.82) is 0 Å². The van der Waals surface area contributed by atoms with Gasteiger partial charge in [0.25, 0.3) is 0 Å². The maximum absolute atomic E-state index is 6.96. The zero-order valence-electron chi connectivity index (χ0n) is 24.6. The third kappa shape index (κ3) is 3.36. The van der Waals surface area contributed by atoms with Crippen molar-refractivity contribution in [2.75, 3.05) is 0 Å². The molecular formula is C40H46O. The van der Waals surface area contributed by atoms with E-state index in [2.05, 4.69) is 54.6 Å². The summed E-state index contributed by atoms with van der Waals surface area (Å²) < 4.78 is 6.96. The number of hydrogen-bond acceptors (Lipinski definition) is 1. The third-order valence-electron chi connectivity index (χ3n) is 14.4. The van der Waals surface area contributed by atoms with Crippen LogP contribution in [0.15, 0.2) is 59.0 Å². The molecule has 0 aliphatic heterocycles. The van der Waals surface area contributed by atoms with E-state index in [1.807, 2.05) is 0 Å². The van der Waals surface area contributed by atoms with E-state index in [4.69, 9.17) is 4.42 Å². The van der Waals surface area contributed by atoms with Gasteiger partial charge >= 0.3 is 0 Å². The first-order chi connectivity index (χ1) is 20.3. The normalized spacial score (nSPS) is 41.6. The molecule has 8 atom stereocenters. The van der Waals surface area contributed by atoms with Gasteiger partial charge in [-0.15, -0.1) is 0 Å². The third-order valence-corrected chi connectivity index (χ3v) is 14.4. The molecule has 8 unspecified atom stereocenters. The van der Waals surface area contributed by atoms with Gasteiger partial charge in [-0.2, -0.15) is 0 Å². The average Bonchev–Trinajstić information content (AvgIpc) is 3.44. The van der Waals surface area contributed by atoms with E-state index in [0.29, 0.717) is 5.92 Å². The fraction of sp³-hybridized carbons (Fsp3) is 0.600. The van der Waals surface area contributed by atoms with Gasteiger partial charge in [-0.05, 0) is 133 Å². The Morgan fingerprint density at radius 3 is 1.71 bits per heavy atom. The van der Waals surface area contributed by atoms with Gasteiger partial charge in [0.1, 0.15) is 11.2 Å². The molecule has 41 heavy (non-hydrogen) atoms.